The summed E-state index contributed by atoms with van der Waals surface area (Å²) in [5, 5.41) is 0. The number of halogens is 3. The molecule has 0 aromatic heterocycles. The number of para-hydroxylation sites is 1. The van der Waals surface area contributed by atoms with Gasteiger partial charge in [-0.1, -0.05) is 36.4 Å². The van der Waals surface area contributed by atoms with Crippen molar-refractivity contribution in [3.05, 3.63) is 65.2 Å². The molecule has 6 heteroatoms. The van der Waals surface area contributed by atoms with Crippen LogP contribution in [-0.2, 0) is 23.9 Å². The standard InChI is InChI=1S/C18H19F3N2O/c1-23(12-14-7-2-4-8-15(14)18(19,20)21)17(24)11-10-13-6-3-5-9-16(13)22/h2-9H,10-12,22H2,1H3. The Morgan fingerprint density at radius 3 is 2.25 bits per heavy atom. The molecule has 3 nitrogen and oxygen atoms in total. The average Bonchev–Trinajstić information content (AvgIpc) is 2.53. The normalized spacial score (nSPS) is 11.3. The second kappa shape index (κ2) is 7.38. The molecule has 1 amide bonds. The number of nitrogen functional groups attached to an aromatic ring is 1. The Hall–Kier alpha value is -2.50. The number of hydrogen-bond donors (Lipinski definition) is 1. The molecule has 0 radical (unpaired) electrons. The molecule has 0 spiro atoms. The first-order chi connectivity index (χ1) is 11.3. The van der Waals surface area contributed by atoms with Gasteiger partial charge in [0.25, 0.3) is 0 Å². The molecule has 0 atom stereocenters. The number of aryl methyl sites for hydroxylation is 1. The molecule has 0 unspecified atom stereocenters. The van der Waals surface area contributed by atoms with E-state index in [2.05, 4.69) is 0 Å². The van der Waals surface area contributed by atoms with Crippen LogP contribution in [0, 0.1) is 0 Å². The number of amides is 1. The van der Waals surface area contributed by atoms with Gasteiger partial charge < -0.3 is 10.6 Å². The monoisotopic (exact) mass is 336 g/mol. The minimum atomic E-state index is -4.43. The van der Waals surface area contributed by atoms with E-state index in [0.717, 1.165) is 11.6 Å². The molecule has 0 saturated carbocycles. The summed E-state index contributed by atoms with van der Waals surface area (Å²) in [6, 6.07) is 12.5. The van der Waals surface area contributed by atoms with E-state index in [1.165, 1.54) is 30.1 Å². The van der Waals surface area contributed by atoms with Crippen molar-refractivity contribution in [2.75, 3.05) is 12.8 Å². The molecule has 24 heavy (non-hydrogen) atoms. The van der Waals surface area contributed by atoms with E-state index >= 15 is 0 Å². The fourth-order valence-corrected chi connectivity index (χ4v) is 2.47. The number of carbonyl (C=O) groups excluding carboxylic acids is 1. The summed E-state index contributed by atoms with van der Waals surface area (Å²) in [5.41, 5.74) is 6.66. The van der Waals surface area contributed by atoms with Crippen LogP contribution >= 0.6 is 0 Å². The van der Waals surface area contributed by atoms with Crippen LogP contribution in [0.15, 0.2) is 48.5 Å². The highest BCUT2D eigenvalue weighted by Crippen LogP contribution is 2.32. The maximum atomic E-state index is 13.0. The van der Waals surface area contributed by atoms with E-state index in [1.807, 2.05) is 12.1 Å². The molecular formula is C18H19F3N2O. The summed E-state index contributed by atoms with van der Waals surface area (Å²) in [5.74, 6) is -0.227. The summed E-state index contributed by atoms with van der Waals surface area (Å²) >= 11 is 0. The highest BCUT2D eigenvalue weighted by atomic mass is 19.4. The molecule has 2 rings (SSSR count). The first kappa shape index (κ1) is 17.8. The van der Waals surface area contributed by atoms with Crippen molar-refractivity contribution in [1.82, 2.24) is 4.90 Å². The number of nitrogens with zero attached hydrogens (tertiary/aromatic N) is 1. The van der Waals surface area contributed by atoms with Crippen molar-refractivity contribution in [2.24, 2.45) is 0 Å². The first-order valence-electron chi connectivity index (χ1n) is 7.51. The minimum Gasteiger partial charge on any atom is -0.399 e. The van der Waals surface area contributed by atoms with E-state index in [0.29, 0.717) is 12.1 Å². The Morgan fingerprint density at radius 1 is 1.04 bits per heavy atom. The third-order valence-corrected chi connectivity index (χ3v) is 3.82. The first-order valence-corrected chi connectivity index (χ1v) is 7.51. The molecule has 2 aromatic carbocycles. The lowest BCUT2D eigenvalue weighted by Gasteiger charge is -2.20. The molecule has 0 aliphatic heterocycles. The molecule has 0 heterocycles. The lowest BCUT2D eigenvalue weighted by molar-refractivity contribution is -0.139. The van der Waals surface area contributed by atoms with Crippen molar-refractivity contribution in [3.8, 4) is 0 Å². The Kier molecular flexibility index (Phi) is 5.49. The highest BCUT2D eigenvalue weighted by molar-refractivity contribution is 5.76. The van der Waals surface area contributed by atoms with Gasteiger partial charge in [0.1, 0.15) is 0 Å². The third-order valence-electron chi connectivity index (χ3n) is 3.82. The summed E-state index contributed by atoms with van der Waals surface area (Å²) in [6.07, 6.45) is -3.78. The van der Waals surface area contributed by atoms with Crippen LogP contribution in [0.3, 0.4) is 0 Å². The third kappa shape index (κ3) is 4.50. The predicted molar refractivity (Wildman–Crippen MR) is 87.1 cm³/mol. The van der Waals surface area contributed by atoms with Gasteiger partial charge in [-0.25, -0.2) is 0 Å². The topological polar surface area (TPSA) is 46.3 Å². The van der Waals surface area contributed by atoms with Crippen molar-refractivity contribution >= 4 is 11.6 Å². The highest BCUT2D eigenvalue weighted by Gasteiger charge is 2.33. The molecule has 0 aliphatic carbocycles. The van der Waals surface area contributed by atoms with Gasteiger partial charge in [0, 0.05) is 25.7 Å². The molecule has 0 aliphatic rings. The van der Waals surface area contributed by atoms with Crippen molar-refractivity contribution < 1.29 is 18.0 Å². The molecule has 128 valence electrons. The fraction of sp³-hybridized carbons (Fsp3) is 0.278. The van der Waals surface area contributed by atoms with Crippen molar-refractivity contribution in [2.45, 2.75) is 25.6 Å². The molecule has 0 bridgehead atoms. The SMILES string of the molecule is CN(Cc1ccccc1C(F)(F)F)C(=O)CCc1ccccc1N. The largest absolute Gasteiger partial charge is 0.416 e. The van der Waals surface area contributed by atoms with Gasteiger partial charge in [-0.2, -0.15) is 13.2 Å². The zero-order valence-electron chi connectivity index (χ0n) is 13.3. The van der Waals surface area contributed by atoms with E-state index in [-0.39, 0.29) is 24.4 Å². The van der Waals surface area contributed by atoms with Crippen molar-refractivity contribution in [1.29, 1.82) is 0 Å². The zero-order valence-corrected chi connectivity index (χ0v) is 13.3. The lowest BCUT2D eigenvalue weighted by atomic mass is 10.1. The average molecular weight is 336 g/mol. The van der Waals surface area contributed by atoms with Crippen LogP contribution in [-0.4, -0.2) is 17.9 Å². The Bertz CT molecular complexity index is 713. The minimum absolute atomic E-state index is 0.0834. The van der Waals surface area contributed by atoms with E-state index in [9.17, 15) is 18.0 Å². The summed E-state index contributed by atoms with van der Waals surface area (Å²) in [7, 11) is 1.50. The van der Waals surface area contributed by atoms with Crippen LogP contribution in [0.5, 0.6) is 0 Å². The van der Waals surface area contributed by atoms with E-state index in [1.54, 1.807) is 12.1 Å². The lowest BCUT2D eigenvalue weighted by Crippen LogP contribution is -2.27. The Balaban J connectivity index is 2.01. The number of nitrogens with two attached hydrogens (primary N) is 1. The smallest absolute Gasteiger partial charge is 0.399 e. The van der Waals surface area contributed by atoms with Crippen LogP contribution in [0.25, 0.3) is 0 Å². The van der Waals surface area contributed by atoms with Gasteiger partial charge in [-0.3, -0.25) is 4.79 Å². The molecule has 2 N–H and O–H groups in total. The number of hydrogen-bond acceptors (Lipinski definition) is 2. The van der Waals surface area contributed by atoms with Crippen LogP contribution in [0.1, 0.15) is 23.1 Å². The van der Waals surface area contributed by atoms with Gasteiger partial charge in [0.2, 0.25) is 5.91 Å². The summed E-state index contributed by atoms with van der Waals surface area (Å²) in [4.78, 5) is 13.5. The Morgan fingerprint density at radius 2 is 1.62 bits per heavy atom. The van der Waals surface area contributed by atoms with E-state index in [4.69, 9.17) is 5.73 Å². The molecule has 2 aromatic rings. The quantitative estimate of drug-likeness (QED) is 0.842. The van der Waals surface area contributed by atoms with Gasteiger partial charge in [-0.15, -0.1) is 0 Å². The zero-order chi connectivity index (χ0) is 17.7. The van der Waals surface area contributed by atoms with E-state index < -0.39 is 11.7 Å². The molecule has 0 saturated heterocycles. The summed E-state index contributed by atoms with van der Waals surface area (Å²) < 4.78 is 39.0. The predicted octanol–water partition coefficient (Wildman–Crippen LogP) is 3.88. The maximum absolute atomic E-state index is 13.0. The van der Waals surface area contributed by atoms with Crippen LogP contribution < -0.4 is 5.73 Å². The van der Waals surface area contributed by atoms with Crippen LogP contribution in [0.4, 0.5) is 18.9 Å². The second-order valence-electron chi connectivity index (χ2n) is 5.60. The number of anilines is 1. The maximum Gasteiger partial charge on any atom is 0.416 e. The number of benzene rings is 2. The number of rotatable bonds is 5. The second-order valence-corrected chi connectivity index (χ2v) is 5.60. The molecular weight excluding hydrogens is 317 g/mol. The summed E-state index contributed by atoms with van der Waals surface area (Å²) in [6.45, 7) is -0.0845. The number of alkyl halides is 3. The van der Waals surface area contributed by atoms with Gasteiger partial charge in [-0.05, 0) is 29.7 Å². The van der Waals surface area contributed by atoms with Gasteiger partial charge in [0.05, 0.1) is 5.56 Å². The van der Waals surface area contributed by atoms with Gasteiger partial charge in [0.15, 0.2) is 0 Å². The van der Waals surface area contributed by atoms with Gasteiger partial charge >= 0.3 is 6.18 Å². The van der Waals surface area contributed by atoms with Crippen molar-refractivity contribution in [3.63, 3.8) is 0 Å². The Labute approximate surface area is 138 Å². The molecule has 0 fully saturated rings. The number of carbonyl (C=O) groups is 1. The van der Waals surface area contributed by atoms with Crippen LogP contribution in [0.2, 0.25) is 0 Å². The fourth-order valence-electron chi connectivity index (χ4n) is 2.47.